The Labute approximate surface area is 81.4 Å². The summed E-state index contributed by atoms with van der Waals surface area (Å²) in [7, 11) is 0. The topological polar surface area (TPSA) is 0 Å². The molecule has 0 aromatic carbocycles. The van der Waals surface area contributed by atoms with Crippen molar-refractivity contribution in [2.24, 2.45) is 0 Å². The molecule has 70 valence electrons. The fraction of sp³-hybridized carbons (Fsp3) is 0.385. The summed E-state index contributed by atoms with van der Waals surface area (Å²) in [5, 5.41) is 0. The molecule has 0 aromatic heterocycles. The smallest absolute Gasteiger partial charge is 0.0169 e. The van der Waals surface area contributed by atoms with E-state index in [4.69, 9.17) is 0 Å². The molecule has 0 fully saturated rings. The Morgan fingerprint density at radius 3 is 1.46 bits per heavy atom. The van der Waals surface area contributed by atoms with Crippen LogP contribution in [0.2, 0.25) is 0 Å². The van der Waals surface area contributed by atoms with Gasteiger partial charge in [-0.25, -0.2) is 0 Å². The molecule has 0 radical (unpaired) electrons. The summed E-state index contributed by atoms with van der Waals surface area (Å²) in [6.07, 6.45) is 23.5. The van der Waals surface area contributed by atoms with Crippen molar-refractivity contribution in [1.29, 1.82) is 0 Å². The zero-order valence-corrected chi connectivity index (χ0v) is 8.15. The van der Waals surface area contributed by atoms with Crippen LogP contribution in [0.1, 0.15) is 32.1 Å². The van der Waals surface area contributed by atoms with Crippen LogP contribution in [-0.2, 0) is 0 Å². The molecule has 0 saturated heterocycles. The van der Waals surface area contributed by atoms with E-state index in [1.54, 1.807) is 0 Å². The van der Waals surface area contributed by atoms with E-state index in [9.17, 15) is 0 Å². The summed E-state index contributed by atoms with van der Waals surface area (Å²) >= 11 is 0. The van der Waals surface area contributed by atoms with Crippen LogP contribution >= 0.6 is 0 Å². The summed E-state index contributed by atoms with van der Waals surface area (Å²) in [5.41, 5.74) is 0. The first-order valence-corrected chi connectivity index (χ1v) is 5.12. The SMILES string of the molecule is C1=CCCC=CCC=CCCC=C1. The predicted molar refractivity (Wildman–Crippen MR) is 59.6 cm³/mol. The van der Waals surface area contributed by atoms with Crippen LogP contribution in [0.5, 0.6) is 0 Å². The van der Waals surface area contributed by atoms with Crippen LogP contribution in [0.3, 0.4) is 0 Å². The summed E-state index contributed by atoms with van der Waals surface area (Å²) in [5.74, 6) is 0. The molecule has 0 bridgehead atoms. The molecule has 0 heteroatoms. The van der Waals surface area contributed by atoms with Gasteiger partial charge in [-0.2, -0.15) is 0 Å². The average molecular weight is 174 g/mol. The van der Waals surface area contributed by atoms with E-state index in [0.29, 0.717) is 0 Å². The molecule has 0 aromatic rings. The van der Waals surface area contributed by atoms with Crippen LogP contribution in [-0.4, -0.2) is 0 Å². The van der Waals surface area contributed by atoms with Gasteiger partial charge in [-0.1, -0.05) is 48.6 Å². The monoisotopic (exact) mass is 174 g/mol. The van der Waals surface area contributed by atoms with Crippen molar-refractivity contribution in [3.8, 4) is 0 Å². The Morgan fingerprint density at radius 1 is 0.462 bits per heavy atom. The van der Waals surface area contributed by atoms with E-state index >= 15 is 0 Å². The quantitative estimate of drug-likeness (QED) is 0.483. The number of hydrogen-bond acceptors (Lipinski definition) is 0. The standard InChI is InChI=1S/C13H18/c1-2-4-6-8-10-12-13-11-9-7-5-3-1/h1-4,9-12H,5-8,13H2. The minimum atomic E-state index is 1.09. The van der Waals surface area contributed by atoms with Crippen molar-refractivity contribution in [3.63, 3.8) is 0 Å². The lowest BCUT2D eigenvalue weighted by Crippen LogP contribution is -1.64. The number of allylic oxidation sites excluding steroid dienone is 8. The van der Waals surface area contributed by atoms with Crippen LogP contribution in [0.25, 0.3) is 0 Å². The van der Waals surface area contributed by atoms with E-state index in [1.165, 1.54) is 0 Å². The van der Waals surface area contributed by atoms with E-state index < -0.39 is 0 Å². The fourth-order valence-corrected chi connectivity index (χ4v) is 1.24. The summed E-state index contributed by atoms with van der Waals surface area (Å²) in [6, 6.07) is 0. The largest absolute Gasteiger partial charge is 0.0879 e. The maximum atomic E-state index is 2.26. The third kappa shape index (κ3) is 6.15. The van der Waals surface area contributed by atoms with Crippen molar-refractivity contribution in [2.45, 2.75) is 32.1 Å². The van der Waals surface area contributed by atoms with Gasteiger partial charge in [-0.15, -0.1) is 0 Å². The maximum Gasteiger partial charge on any atom is -0.0169 e. The van der Waals surface area contributed by atoms with Gasteiger partial charge in [0.15, 0.2) is 0 Å². The van der Waals surface area contributed by atoms with Crippen molar-refractivity contribution in [3.05, 3.63) is 48.6 Å². The fourth-order valence-electron chi connectivity index (χ4n) is 1.24. The highest BCUT2D eigenvalue weighted by Gasteiger charge is 1.79. The van der Waals surface area contributed by atoms with Crippen LogP contribution < -0.4 is 0 Å². The molecule has 0 N–H and O–H groups in total. The van der Waals surface area contributed by atoms with Gasteiger partial charge in [0, 0.05) is 0 Å². The van der Waals surface area contributed by atoms with Crippen molar-refractivity contribution in [2.75, 3.05) is 0 Å². The Hall–Kier alpha value is -1.04. The normalized spacial score (nSPS) is 19.1. The summed E-state index contributed by atoms with van der Waals surface area (Å²) in [4.78, 5) is 0. The Bertz CT molecular complexity index is 192. The molecule has 0 saturated carbocycles. The minimum absolute atomic E-state index is 1.09. The Morgan fingerprint density at radius 2 is 0.923 bits per heavy atom. The number of rotatable bonds is 0. The molecule has 0 atom stereocenters. The second kappa shape index (κ2) is 7.60. The van der Waals surface area contributed by atoms with Gasteiger partial charge in [0.25, 0.3) is 0 Å². The third-order valence-corrected chi connectivity index (χ3v) is 1.99. The summed E-state index contributed by atoms with van der Waals surface area (Å²) < 4.78 is 0. The van der Waals surface area contributed by atoms with Gasteiger partial charge in [0.2, 0.25) is 0 Å². The molecule has 0 unspecified atom stereocenters. The molecular formula is C13H18. The molecule has 1 rings (SSSR count). The lowest BCUT2D eigenvalue weighted by molar-refractivity contribution is 1.04. The minimum Gasteiger partial charge on any atom is -0.0879 e. The molecule has 0 aliphatic heterocycles. The van der Waals surface area contributed by atoms with Crippen LogP contribution in [0, 0.1) is 0 Å². The first-order chi connectivity index (χ1) is 6.50. The van der Waals surface area contributed by atoms with Gasteiger partial charge >= 0.3 is 0 Å². The van der Waals surface area contributed by atoms with Crippen molar-refractivity contribution >= 4 is 0 Å². The third-order valence-electron chi connectivity index (χ3n) is 1.99. The average Bonchev–Trinajstić information content (AvgIpc) is 2.18. The molecule has 0 amide bonds. The maximum absolute atomic E-state index is 2.26. The second-order valence-electron chi connectivity index (χ2n) is 3.19. The lowest BCUT2D eigenvalue weighted by Gasteiger charge is -1.85. The molecule has 0 nitrogen and oxygen atoms in total. The van der Waals surface area contributed by atoms with Crippen LogP contribution in [0.4, 0.5) is 0 Å². The van der Waals surface area contributed by atoms with Gasteiger partial charge < -0.3 is 0 Å². The predicted octanol–water partition coefficient (Wildman–Crippen LogP) is 4.18. The highest BCUT2D eigenvalue weighted by Crippen LogP contribution is 1.99. The molecule has 0 heterocycles. The van der Waals surface area contributed by atoms with Gasteiger partial charge in [0.05, 0.1) is 0 Å². The van der Waals surface area contributed by atoms with E-state index in [0.717, 1.165) is 32.1 Å². The second-order valence-corrected chi connectivity index (χ2v) is 3.19. The van der Waals surface area contributed by atoms with E-state index in [-0.39, 0.29) is 0 Å². The van der Waals surface area contributed by atoms with Gasteiger partial charge in [-0.3, -0.25) is 0 Å². The molecule has 13 heavy (non-hydrogen) atoms. The van der Waals surface area contributed by atoms with Crippen LogP contribution in [0.15, 0.2) is 48.6 Å². The zero-order chi connectivity index (χ0) is 9.19. The lowest BCUT2D eigenvalue weighted by atomic mass is 10.2. The zero-order valence-electron chi connectivity index (χ0n) is 8.15. The van der Waals surface area contributed by atoms with Gasteiger partial charge in [0.1, 0.15) is 0 Å². The van der Waals surface area contributed by atoms with E-state index in [1.807, 2.05) is 0 Å². The Kier molecular flexibility index (Phi) is 5.87. The van der Waals surface area contributed by atoms with E-state index in [2.05, 4.69) is 48.6 Å². The van der Waals surface area contributed by atoms with Crippen molar-refractivity contribution in [1.82, 2.24) is 0 Å². The first-order valence-electron chi connectivity index (χ1n) is 5.12. The number of hydrogen-bond donors (Lipinski definition) is 0. The molecular weight excluding hydrogens is 156 g/mol. The highest BCUT2D eigenvalue weighted by molar-refractivity contribution is 5.04. The Balaban J connectivity index is 2.38. The summed E-state index contributed by atoms with van der Waals surface area (Å²) in [6.45, 7) is 0. The molecule has 1 aliphatic rings. The van der Waals surface area contributed by atoms with Gasteiger partial charge in [-0.05, 0) is 32.1 Å². The molecule has 1 aliphatic carbocycles. The van der Waals surface area contributed by atoms with Crippen molar-refractivity contribution < 1.29 is 0 Å². The highest BCUT2D eigenvalue weighted by atomic mass is 13.9. The first kappa shape index (κ1) is 10.0. The molecule has 0 spiro atoms.